The van der Waals surface area contributed by atoms with Crippen LogP contribution in [-0.4, -0.2) is 22.3 Å². The normalized spacial score (nSPS) is 10.8. The number of imidazole rings is 1. The Morgan fingerprint density at radius 1 is 1.22 bits per heavy atom. The van der Waals surface area contributed by atoms with Crippen LogP contribution in [0.2, 0.25) is 0 Å². The number of benzene rings is 1. The van der Waals surface area contributed by atoms with Crippen molar-refractivity contribution in [2.24, 2.45) is 0 Å². The quantitative estimate of drug-likeness (QED) is 0.784. The molecule has 2 rings (SSSR count). The fourth-order valence-corrected chi connectivity index (χ4v) is 2.39. The summed E-state index contributed by atoms with van der Waals surface area (Å²) in [4.78, 5) is 9.05. The van der Waals surface area contributed by atoms with Crippen LogP contribution in [0, 0.1) is 0 Å². The van der Waals surface area contributed by atoms with E-state index in [-0.39, 0.29) is 0 Å². The first-order chi connectivity index (χ1) is 8.83. The molecule has 1 heterocycles. The summed E-state index contributed by atoms with van der Waals surface area (Å²) in [5, 5.41) is 3.28. The molecule has 0 aliphatic carbocycles. The molecule has 0 bridgehead atoms. The van der Waals surface area contributed by atoms with E-state index in [1.807, 2.05) is 18.0 Å². The second kappa shape index (κ2) is 6.61. The highest BCUT2D eigenvalue weighted by Gasteiger charge is 2.03. The molecule has 0 unspecified atom stereocenters. The number of hydrogen-bond donors (Lipinski definition) is 2. The molecule has 3 nitrogen and oxygen atoms in total. The Balaban J connectivity index is 2.08. The third kappa shape index (κ3) is 3.37. The summed E-state index contributed by atoms with van der Waals surface area (Å²) in [5.74, 6) is 2.04. The first-order valence-electron chi connectivity index (χ1n) is 6.31. The molecule has 0 aliphatic heterocycles. The Kier molecular flexibility index (Phi) is 4.84. The Morgan fingerprint density at radius 3 is 2.67 bits per heavy atom. The van der Waals surface area contributed by atoms with Crippen LogP contribution in [0.3, 0.4) is 0 Å². The topological polar surface area (TPSA) is 40.7 Å². The third-order valence-electron chi connectivity index (χ3n) is 2.63. The highest BCUT2D eigenvalue weighted by Crippen LogP contribution is 2.22. The molecule has 18 heavy (non-hydrogen) atoms. The number of aromatic nitrogens is 2. The first-order valence-corrected chi connectivity index (χ1v) is 7.30. The van der Waals surface area contributed by atoms with Crippen molar-refractivity contribution < 1.29 is 0 Å². The van der Waals surface area contributed by atoms with Crippen molar-refractivity contribution in [1.82, 2.24) is 15.3 Å². The van der Waals surface area contributed by atoms with Gasteiger partial charge >= 0.3 is 0 Å². The van der Waals surface area contributed by atoms with Gasteiger partial charge in [0.2, 0.25) is 0 Å². The Morgan fingerprint density at radius 2 is 2.00 bits per heavy atom. The number of nitrogens with one attached hydrogen (secondary N) is 2. The fourth-order valence-electron chi connectivity index (χ4n) is 1.73. The Labute approximate surface area is 112 Å². The molecule has 0 atom stereocenters. The van der Waals surface area contributed by atoms with Crippen LogP contribution in [0.15, 0.2) is 35.4 Å². The molecule has 2 aromatic rings. The van der Waals surface area contributed by atoms with Gasteiger partial charge in [-0.3, -0.25) is 0 Å². The molecule has 0 radical (unpaired) electrons. The molecule has 96 valence electrons. The molecule has 0 saturated heterocycles. The molecule has 0 aliphatic rings. The van der Waals surface area contributed by atoms with Crippen molar-refractivity contribution in [2.45, 2.75) is 25.3 Å². The summed E-state index contributed by atoms with van der Waals surface area (Å²) < 4.78 is 0. The van der Waals surface area contributed by atoms with Crippen molar-refractivity contribution >= 4 is 11.8 Å². The van der Waals surface area contributed by atoms with E-state index in [1.165, 1.54) is 4.90 Å². The maximum Gasteiger partial charge on any atom is 0.137 e. The van der Waals surface area contributed by atoms with E-state index >= 15 is 0 Å². The molecular weight excluding hydrogens is 242 g/mol. The molecule has 0 saturated carbocycles. The Hall–Kier alpha value is -1.26. The van der Waals surface area contributed by atoms with Crippen LogP contribution >= 0.6 is 11.8 Å². The number of H-pyrrole nitrogens is 1. The number of thioether (sulfide) groups is 1. The van der Waals surface area contributed by atoms with E-state index in [0.29, 0.717) is 0 Å². The van der Waals surface area contributed by atoms with Gasteiger partial charge < -0.3 is 10.3 Å². The van der Waals surface area contributed by atoms with Crippen molar-refractivity contribution in [3.63, 3.8) is 0 Å². The lowest BCUT2D eigenvalue weighted by atomic mass is 10.2. The van der Waals surface area contributed by atoms with Gasteiger partial charge in [0.25, 0.3) is 0 Å². The largest absolute Gasteiger partial charge is 0.341 e. The highest BCUT2D eigenvalue weighted by molar-refractivity contribution is 7.99. The minimum absolute atomic E-state index is 0.841. The average Bonchev–Trinajstić information content (AvgIpc) is 2.86. The van der Waals surface area contributed by atoms with Crippen LogP contribution in [-0.2, 0) is 6.54 Å². The predicted molar refractivity (Wildman–Crippen MR) is 77.8 cm³/mol. The van der Waals surface area contributed by atoms with Gasteiger partial charge in [-0.05, 0) is 24.4 Å². The van der Waals surface area contributed by atoms with Crippen molar-refractivity contribution in [1.29, 1.82) is 0 Å². The lowest BCUT2D eigenvalue weighted by Gasteiger charge is -2.01. The molecule has 0 spiro atoms. The lowest BCUT2D eigenvalue weighted by molar-refractivity contribution is 0.714. The van der Waals surface area contributed by atoms with Crippen LogP contribution in [0.5, 0.6) is 0 Å². The van der Waals surface area contributed by atoms with Gasteiger partial charge in [0.15, 0.2) is 0 Å². The van der Waals surface area contributed by atoms with Gasteiger partial charge in [0.1, 0.15) is 5.82 Å². The van der Waals surface area contributed by atoms with E-state index in [0.717, 1.165) is 35.9 Å². The third-order valence-corrected chi connectivity index (χ3v) is 3.53. The molecule has 0 amide bonds. The summed E-state index contributed by atoms with van der Waals surface area (Å²) in [6.07, 6.45) is 1.90. The highest BCUT2D eigenvalue weighted by atomic mass is 32.2. The monoisotopic (exact) mass is 261 g/mol. The molecular formula is C14H19N3S. The maximum atomic E-state index is 4.41. The smallest absolute Gasteiger partial charge is 0.137 e. The van der Waals surface area contributed by atoms with Crippen molar-refractivity contribution in [2.75, 3.05) is 12.3 Å². The summed E-state index contributed by atoms with van der Waals surface area (Å²) in [6.45, 7) is 6.07. The van der Waals surface area contributed by atoms with Crippen LogP contribution in [0.25, 0.3) is 11.4 Å². The minimum Gasteiger partial charge on any atom is -0.341 e. The van der Waals surface area contributed by atoms with Crippen LogP contribution in [0.1, 0.15) is 19.5 Å². The van der Waals surface area contributed by atoms with Crippen LogP contribution in [0.4, 0.5) is 0 Å². The SMILES string of the molecule is CCNCc1cnc(-c2ccc(SCC)cc2)[nH]1. The van der Waals surface area contributed by atoms with Crippen LogP contribution < -0.4 is 5.32 Å². The fraction of sp³-hybridized carbons (Fsp3) is 0.357. The van der Waals surface area contributed by atoms with Crippen molar-refractivity contribution in [3.8, 4) is 11.4 Å². The van der Waals surface area contributed by atoms with Gasteiger partial charge in [0, 0.05) is 28.9 Å². The van der Waals surface area contributed by atoms with E-state index in [1.54, 1.807) is 0 Å². The van der Waals surface area contributed by atoms with E-state index in [4.69, 9.17) is 0 Å². The van der Waals surface area contributed by atoms with E-state index < -0.39 is 0 Å². The molecule has 0 fully saturated rings. The van der Waals surface area contributed by atoms with E-state index in [9.17, 15) is 0 Å². The summed E-state index contributed by atoms with van der Waals surface area (Å²) in [5.41, 5.74) is 2.26. The zero-order valence-corrected chi connectivity index (χ0v) is 11.7. The molecule has 1 aromatic heterocycles. The summed E-state index contributed by atoms with van der Waals surface area (Å²) >= 11 is 1.85. The van der Waals surface area contributed by atoms with Gasteiger partial charge in [-0.25, -0.2) is 4.98 Å². The van der Waals surface area contributed by atoms with E-state index in [2.05, 4.69) is 53.4 Å². The second-order valence-corrected chi connectivity index (χ2v) is 5.33. The lowest BCUT2D eigenvalue weighted by Crippen LogP contribution is -2.11. The predicted octanol–water partition coefficient (Wildman–Crippen LogP) is 3.30. The summed E-state index contributed by atoms with van der Waals surface area (Å²) in [6, 6.07) is 8.54. The van der Waals surface area contributed by atoms with Crippen molar-refractivity contribution in [3.05, 3.63) is 36.2 Å². The summed E-state index contributed by atoms with van der Waals surface area (Å²) in [7, 11) is 0. The minimum atomic E-state index is 0.841. The van der Waals surface area contributed by atoms with Gasteiger partial charge in [-0.15, -0.1) is 11.8 Å². The number of hydrogen-bond acceptors (Lipinski definition) is 3. The zero-order chi connectivity index (χ0) is 12.8. The average molecular weight is 261 g/mol. The Bertz CT molecular complexity index is 476. The first kappa shape index (κ1) is 13.2. The van der Waals surface area contributed by atoms with Gasteiger partial charge in [0.05, 0.1) is 0 Å². The molecule has 1 aromatic carbocycles. The molecule has 4 heteroatoms. The number of rotatable bonds is 6. The van der Waals surface area contributed by atoms with Gasteiger partial charge in [-0.1, -0.05) is 26.0 Å². The zero-order valence-electron chi connectivity index (χ0n) is 10.9. The number of aromatic amines is 1. The maximum absolute atomic E-state index is 4.41. The second-order valence-electron chi connectivity index (χ2n) is 3.99. The molecule has 2 N–H and O–H groups in total. The van der Waals surface area contributed by atoms with Gasteiger partial charge in [-0.2, -0.15) is 0 Å². The standard InChI is InChI=1S/C14H19N3S/c1-3-15-9-12-10-16-14(17-12)11-5-7-13(8-6-11)18-4-2/h5-8,10,15H,3-4,9H2,1-2H3,(H,16,17). The number of nitrogens with zero attached hydrogens (tertiary/aromatic N) is 1.